The van der Waals surface area contributed by atoms with Gasteiger partial charge >= 0.3 is 0 Å². The normalized spacial score (nSPS) is 12.1. The summed E-state index contributed by atoms with van der Waals surface area (Å²) < 4.78 is 1.77. The highest BCUT2D eigenvalue weighted by atomic mass is 16.3. The Kier molecular flexibility index (Phi) is 3.31. The SMILES string of the molecule is Cc1ccc(C)n1C(CO)(CO)CO. The minimum absolute atomic E-state index is 0.281. The molecule has 0 fully saturated rings. The molecule has 1 rings (SSSR count). The van der Waals surface area contributed by atoms with Gasteiger partial charge in [0.15, 0.2) is 0 Å². The molecule has 1 aromatic heterocycles. The molecule has 0 radical (unpaired) electrons. The fourth-order valence-corrected chi connectivity index (χ4v) is 1.78. The van der Waals surface area contributed by atoms with Crippen LogP contribution >= 0.6 is 0 Å². The Morgan fingerprint density at radius 2 is 1.36 bits per heavy atom. The lowest BCUT2D eigenvalue weighted by Crippen LogP contribution is -2.45. The molecule has 0 bridgehead atoms. The molecular formula is C10H17NO3. The molecule has 0 aliphatic carbocycles. The van der Waals surface area contributed by atoms with Gasteiger partial charge in [0.1, 0.15) is 5.54 Å². The molecule has 80 valence electrons. The van der Waals surface area contributed by atoms with Crippen LogP contribution in [0.3, 0.4) is 0 Å². The van der Waals surface area contributed by atoms with Crippen LogP contribution in [0.1, 0.15) is 11.4 Å². The highest BCUT2D eigenvalue weighted by Gasteiger charge is 2.31. The first-order valence-electron chi connectivity index (χ1n) is 4.59. The van der Waals surface area contributed by atoms with E-state index in [0.29, 0.717) is 0 Å². The van der Waals surface area contributed by atoms with E-state index in [-0.39, 0.29) is 19.8 Å². The maximum atomic E-state index is 9.26. The first-order valence-corrected chi connectivity index (χ1v) is 4.59. The molecule has 0 atom stereocenters. The van der Waals surface area contributed by atoms with Crippen molar-refractivity contribution in [2.45, 2.75) is 19.4 Å². The first kappa shape index (κ1) is 11.2. The third-order valence-electron chi connectivity index (χ3n) is 2.63. The molecule has 1 aromatic rings. The van der Waals surface area contributed by atoms with Gasteiger partial charge in [0, 0.05) is 11.4 Å². The standard InChI is InChI=1S/C10H17NO3/c1-8-3-4-9(2)11(8)10(5-12,6-13)7-14/h3-4,12-14H,5-7H2,1-2H3. The Hall–Kier alpha value is -0.840. The van der Waals surface area contributed by atoms with Crippen LogP contribution in [-0.4, -0.2) is 39.7 Å². The van der Waals surface area contributed by atoms with E-state index in [9.17, 15) is 15.3 Å². The van der Waals surface area contributed by atoms with Crippen LogP contribution in [0.4, 0.5) is 0 Å². The Bertz CT molecular complexity index is 275. The predicted octanol–water partition coefficient (Wildman–Crippen LogP) is -0.223. The lowest BCUT2D eigenvalue weighted by atomic mass is 10.0. The molecule has 0 amide bonds. The van der Waals surface area contributed by atoms with Gasteiger partial charge in [0.25, 0.3) is 0 Å². The van der Waals surface area contributed by atoms with Crippen LogP contribution in [0.15, 0.2) is 12.1 Å². The Morgan fingerprint density at radius 3 is 1.64 bits per heavy atom. The minimum Gasteiger partial charge on any atom is -0.394 e. The van der Waals surface area contributed by atoms with Crippen LogP contribution in [0.5, 0.6) is 0 Å². The maximum Gasteiger partial charge on any atom is 0.113 e. The highest BCUT2D eigenvalue weighted by molar-refractivity contribution is 5.17. The largest absolute Gasteiger partial charge is 0.394 e. The zero-order valence-electron chi connectivity index (χ0n) is 8.56. The number of rotatable bonds is 4. The van der Waals surface area contributed by atoms with E-state index in [4.69, 9.17) is 0 Å². The highest BCUT2D eigenvalue weighted by Crippen LogP contribution is 2.21. The summed E-state index contributed by atoms with van der Waals surface area (Å²) in [6.07, 6.45) is 0. The summed E-state index contributed by atoms with van der Waals surface area (Å²) >= 11 is 0. The van der Waals surface area contributed by atoms with E-state index in [1.54, 1.807) is 4.57 Å². The number of aromatic nitrogens is 1. The van der Waals surface area contributed by atoms with E-state index in [2.05, 4.69) is 0 Å². The lowest BCUT2D eigenvalue weighted by Gasteiger charge is -2.32. The van der Waals surface area contributed by atoms with Gasteiger partial charge in [-0.25, -0.2) is 0 Å². The molecule has 4 heteroatoms. The second-order valence-electron chi connectivity index (χ2n) is 3.65. The molecule has 0 aliphatic rings. The van der Waals surface area contributed by atoms with Crippen LogP contribution in [0, 0.1) is 13.8 Å². The molecule has 0 aliphatic heterocycles. The zero-order chi connectivity index (χ0) is 10.8. The van der Waals surface area contributed by atoms with Gasteiger partial charge in [-0.15, -0.1) is 0 Å². The van der Waals surface area contributed by atoms with Gasteiger partial charge in [-0.1, -0.05) is 0 Å². The van der Waals surface area contributed by atoms with E-state index in [1.165, 1.54) is 0 Å². The third-order valence-corrected chi connectivity index (χ3v) is 2.63. The molecule has 0 unspecified atom stereocenters. The van der Waals surface area contributed by atoms with Crippen LogP contribution in [0.25, 0.3) is 0 Å². The van der Waals surface area contributed by atoms with Crippen molar-refractivity contribution in [2.75, 3.05) is 19.8 Å². The summed E-state index contributed by atoms with van der Waals surface area (Å²) in [5.41, 5.74) is 0.844. The molecule has 1 heterocycles. The average Bonchev–Trinajstić information content (AvgIpc) is 2.53. The second-order valence-corrected chi connectivity index (χ2v) is 3.65. The van der Waals surface area contributed by atoms with Crippen molar-refractivity contribution in [1.29, 1.82) is 0 Å². The molecule has 0 saturated carbocycles. The predicted molar refractivity (Wildman–Crippen MR) is 53.1 cm³/mol. The molecule has 3 N–H and O–H groups in total. The Balaban J connectivity index is 3.23. The molecule has 0 aromatic carbocycles. The second kappa shape index (κ2) is 4.13. The minimum atomic E-state index is -0.988. The third kappa shape index (κ3) is 1.56. The Morgan fingerprint density at radius 1 is 1.00 bits per heavy atom. The fraction of sp³-hybridized carbons (Fsp3) is 0.600. The molecular weight excluding hydrogens is 182 g/mol. The number of hydrogen-bond donors (Lipinski definition) is 3. The average molecular weight is 199 g/mol. The first-order chi connectivity index (χ1) is 6.61. The molecule has 0 saturated heterocycles. The van der Waals surface area contributed by atoms with E-state index >= 15 is 0 Å². The van der Waals surface area contributed by atoms with Gasteiger partial charge in [-0.3, -0.25) is 0 Å². The quantitative estimate of drug-likeness (QED) is 0.628. The van der Waals surface area contributed by atoms with Crippen LogP contribution in [-0.2, 0) is 5.54 Å². The van der Waals surface area contributed by atoms with Gasteiger partial charge in [-0.05, 0) is 26.0 Å². The summed E-state index contributed by atoms with van der Waals surface area (Å²) in [4.78, 5) is 0. The van der Waals surface area contributed by atoms with Crippen LogP contribution in [0.2, 0.25) is 0 Å². The van der Waals surface area contributed by atoms with E-state index in [1.807, 2.05) is 26.0 Å². The van der Waals surface area contributed by atoms with E-state index < -0.39 is 5.54 Å². The van der Waals surface area contributed by atoms with Gasteiger partial charge in [0.05, 0.1) is 19.8 Å². The van der Waals surface area contributed by atoms with Crippen molar-refractivity contribution in [1.82, 2.24) is 4.57 Å². The molecule has 0 spiro atoms. The van der Waals surface area contributed by atoms with Crippen molar-refractivity contribution in [3.05, 3.63) is 23.5 Å². The van der Waals surface area contributed by atoms with Crippen molar-refractivity contribution in [3.63, 3.8) is 0 Å². The number of hydrogen-bond acceptors (Lipinski definition) is 3. The van der Waals surface area contributed by atoms with Crippen LogP contribution < -0.4 is 0 Å². The summed E-state index contributed by atoms with van der Waals surface area (Å²) in [7, 11) is 0. The Labute approximate surface area is 83.4 Å². The van der Waals surface area contributed by atoms with Gasteiger partial charge < -0.3 is 19.9 Å². The number of aliphatic hydroxyl groups is 3. The van der Waals surface area contributed by atoms with Gasteiger partial charge in [-0.2, -0.15) is 0 Å². The number of nitrogens with zero attached hydrogens (tertiary/aromatic N) is 1. The monoisotopic (exact) mass is 199 g/mol. The fourth-order valence-electron chi connectivity index (χ4n) is 1.78. The number of aryl methyl sites for hydroxylation is 2. The molecule has 4 nitrogen and oxygen atoms in total. The summed E-state index contributed by atoms with van der Waals surface area (Å²) in [6, 6.07) is 3.79. The van der Waals surface area contributed by atoms with Crippen molar-refractivity contribution in [2.24, 2.45) is 0 Å². The lowest BCUT2D eigenvalue weighted by molar-refractivity contribution is 0.0130. The van der Waals surface area contributed by atoms with Crippen molar-refractivity contribution >= 4 is 0 Å². The summed E-state index contributed by atoms with van der Waals surface area (Å²) in [6.45, 7) is 2.91. The molecule has 14 heavy (non-hydrogen) atoms. The maximum absolute atomic E-state index is 9.26. The summed E-state index contributed by atoms with van der Waals surface area (Å²) in [5.74, 6) is 0. The van der Waals surface area contributed by atoms with Gasteiger partial charge in [0.2, 0.25) is 0 Å². The van der Waals surface area contributed by atoms with Crippen molar-refractivity contribution < 1.29 is 15.3 Å². The number of aliphatic hydroxyl groups excluding tert-OH is 3. The van der Waals surface area contributed by atoms with Crippen molar-refractivity contribution in [3.8, 4) is 0 Å². The smallest absolute Gasteiger partial charge is 0.113 e. The topological polar surface area (TPSA) is 65.6 Å². The summed E-state index contributed by atoms with van der Waals surface area (Å²) in [5, 5.41) is 27.8. The van der Waals surface area contributed by atoms with E-state index in [0.717, 1.165) is 11.4 Å². The zero-order valence-corrected chi connectivity index (χ0v) is 8.56.